The molecule has 2 amide bonds. The summed E-state index contributed by atoms with van der Waals surface area (Å²) in [6, 6.07) is 14.5. The zero-order valence-corrected chi connectivity index (χ0v) is 12.7. The second kappa shape index (κ2) is 6.39. The molecule has 0 fully saturated rings. The number of benzene rings is 2. The third kappa shape index (κ3) is 3.42. The molecule has 0 aliphatic carbocycles. The van der Waals surface area contributed by atoms with Gasteiger partial charge in [0.15, 0.2) is 0 Å². The van der Waals surface area contributed by atoms with Crippen LogP contribution >= 0.6 is 0 Å². The molecule has 118 valence electrons. The molecule has 0 spiro atoms. The Kier molecular flexibility index (Phi) is 4.14. The van der Waals surface area contributed by atoms with Crippen molar-refractivity contribution in [3.63, 3.8) is 0 Å². The number of carbonyl (C=O) groups excluding carboxylic acids is 1. The Morgan fingerprint density at radius 3 is 2.65 bits per heavy atom. The van der Waals surface area contributed by atoms with Crippen molar-refractivity contribution in [2.45, 2.75) is 12.5 Å². The molecule has 0 bridgehead atoms. The Morgan fingerprint density at radius 1 is 1.26 bits per heavy atom. The lowest BCUT2D eigenvalue weighted by atomic mass is 10.1. The molecule has 6 nitrogen and oxygen atoms in total. The number of hydrogen-bond acceptors (Lipinski definition) is 3. The first-order valence-corrected chi connectivity index (χ1v) is 7.29. The van der Waals surface area contributed by atoms with E-state index >= 15 is 0 Å². The largest absolute Gasteiger partial charge is 0.497 e. The first kappa shape index (κ1) is 14.9. The van der Waals surface area contributed by atoms with Gasteiger partial charge in [-0.15, -0.1) is 0 Å². The van der Waals surface area contributed by atoms with E-state index in [0.717, 1.165) is 22.3 Å². The number of methoxy groups -OCH3 is 1. The number of H-pyrrole nitrogens is 1. The summed E-state index contributed by atoms with van der Waals surface area (Å²) in [5.41, 5.74) is 8.14. The number of urea groups is 1. The molecule has 1 aromatic heterocycles. The van der Waals surface area contributed by atoms with Crippen LogP contribution in [0.2, 0.25) is 0 Å². The Bertz CT molecular complexity index is 778. The van der Waals surface area contributed by atoms with Crippen LogP contribution in [0.15, 0.2) is 48.5 Å². The van der Waals surface area contributed by atoms with Crippen molar-refractivity contribution in [1.29, 1.82) is 0 Å². The summed E-state index contributed by atoms with van der Waals surface area (Å²) in [6.45, 7) is 0. The van der Waals surface area contributed by atoms with Crippen LogP contribution in [0.4, 0.5) is 4.79 Å². The van der Waals surface area contributed by atoms with Gasteiger partial charge < -0.3 is 20.8 Å². The van der Waals surface area contributed by atoms with E-state index in [1.165, 1.54) is 0 Å². The fourth-order valence-electron chi connectivity index (χ4n) is 2.52. The summed E-state index contributed by atoms with van der Waals surface area (Å²) < 4.78 is 5.15. The molecule has 1 atom stereocenters. The quantitative estimate of drug-likeness (QED) is 0.676. The number of para-hydroxylation sites is 2. The predicted molar refractivity (Wildman–Crippen MR) is 88.3 cm³/mol. The van der Waals surface area contributed by atoms with Crippen LogP contribution in [-0.4, -0.2) is 23.1 Å². The van der Waals surface area contributed by atoms with E-state index in [0.29, 0.717) is 12.2 Å². The summed E-state index contributed by atoms with van der Waals surface area (Å²) in [7, 11) is 1.63. The molecular formula is C17H18N4O2. The molecule has 23 heavy (non-hydrogen) atoms. The standard InChI is InChI=1S/C17H18N4O2/c1-23-12-8-6-11(7-9-12)10-15(21-17(18)22)16-19-13-4-2-3-5-14(13)20-16/h2-9,15H,10H2,1H3,(H,19,20)(H3,18,21,22). The minimum atomic E-state index is -0.580. The molecule has 3 rings (SSSR count). The maximum atomic E-state index is 11.3. The van der Waals surface area contributed by atoms with Gasteiger partial charge in [-0.3, -0.25) is 0 Å². The molecule has 1 heterocycles. The van der Waals surface area contributed by atoms with E-state index in [-0.39, 0.29) is 6.04 Å². The van der Waals surface area contributed by atoms with Gasteiger partial charge in [0, 0.05) is 0 Å². The van der Waals surface area contributed by atoms with Crippen molar-refractivity contribution < 1.29 is 9.53 Å². The Labute approximate surface area is 133 Å². The zero-order valence-electron chi connectivity index (χ0n) is 12.7. The van der Waals surface area contributed by atoms with Crippen molar-refractivity contribution in [3.05, 3.63) is 59.9 Å². The van der Waals surface area contributed by atoms with Crippen LogP contribution in [0.3, 0.4) is 0 Å². The second-order valence-electron chi connectivity index (χ2n) is 5.25. The van der Waals surface area contributed by atoms with Crippen molar-refractivity contribution in [3.8, 4) is 5.75 Å². The monoisotopic (exact) mass is 310 g/mol. The lowest BCUT2D eigenvalue weighted by molar-refractivity contribution is 0.244. The van der Waals surface area contributed by atoms with E-state index in [4.69, 9.17) is 10.5 Å². The lowest BCUT2D eigenvalue weighted by Gasteiger charge is -2.15. The first-order valence-electron chi connectivity index (χ1n) is 7.29. The first-order chi connectivity index (χ1) is 11.2. The molecule has 0 aliphatic rings. The number of aromatic nitrogens is 2. The van der Waals surface area contributed by atoms with Crippen molar-refractivity contribution in [1.82, 2.24) is 15.3 Å². The molecule has 6 heteroatoms. The summed E-state index contributed by atoms with van der Waals surface area (Å²) in [6.07, 6.45) is 0.576. The lowest BCUT2D eigenvalue weighted by Crippen LogP contribution is -2.34. The van der Waals surface area contributed by atoms with E-state index < -0.39 is 6.03 Å². The number of nitrogens with two attached hydrogens (primary N) is 1. The number of rotatable bonds is 5. The highest BCUT2D eigenvalue weighted by Crippen LogP contribution is 2.21. The number of hydrogen-bond donors (Lipinski definition) is 3. The van der Waals surface area contributed by atoms with Gasteiger partial charge in [0.05, 0.1) is 24.2 Å². The van der Waals surface area contributed by atoms with Crippen LogP contribution in [0.5, 0.6) is 5.75 Å². The molecule has 2 aromatic carbocycles. The van der Waals surface area contributed by atoms with E-state index in [9.17, 15) is 4.79 Å². The van der Waals surface area contributed by atoms with Gasteiger partial charge in [0.2, 0.25) is 0 Å². The van der Waals surface area contributed by atoms with Crippen molar-refractivity contribution in [2.24, 2.45) is 5.73 Å². The number of primary amides is 1. The fraction of sp³-hybridized carbons (Fsp3) is 0.176. The van der Waals surface area contributed by atoms with Crippen LogP contribution in [0.25, 0.3) is 11.0 Å². The minimum Gasteiger partial charge on any atom is -0.497 e. The van der Waals surface area contributed by atoms with Gasteiger partial charge >= 0.3 is 6.03 Å². The third-order valence-electron chi connectivity index (χ3n) is 3.65. The number of carbonyl (C=O) groups is 1. The van der Waals surface area contributed by atoms with Crippen LogP contribution in [0.1, 0.15) is 17.4 Å². The molecule has 0 saturated carbocycles. The highest BCUT2D eigenvalue weighted by molar-refractivity contribution is 5.75. The number of nitrogens with zero attached hydrogens (tertiary/aromatic N) is 1. The number of aromatic amines is 1. The van der Waals surface area contributed by atoms with Crippen LogP contribution in [-0.2, 0) is 6.42 Å². The predicted octanol–water partition coefficient (Wildman–Crippen LogP) is 2.52. The van der Waals surface area contributed by atoms with Crippen molar-refractivity contribution >= 4 is 17.1 Å². The fourth-order valence-corrected chi connectivity index (χ4v) is 2.52. The Hall–Kier alpha value is -3.02. The maximum Gasteiger partial charge on any atom is 0.312 e. The highest BCUT2D eigenvalue weighted by Gasteiger charge is 2.18. The van der Waals surface area contributed by atoms with E-state index in [2.05, 4.69) is 15.3 Å². The third-order valence-corrected chi connectivity index (χ3v) is 3.65. The molecule has 0 radical (unpaired) electrons. The summed E-state index contributed by atoms with van der Waals surface area (Å²) in [4.78, 5) is 19.1. The zero-order chi connectivity index (χ0) is 16.2. The molecule has 0 saturated heterocycles. The normalized spacial score (nSPS) is 12.0. The molecule has 1 unspecified atom stereocenters. The van der Waals surface area contributed by atoms with Gasteiger partial charge in [-0.25, -0.2) is 9.78 Å². The average Bonchev–Trinajstić information content (AvgIpc) is 2.98. The minimum absolute atomic E-state index is 0.326. The Morgan fingerprint density at radius 2 is 2.00 bits per heavy atom. The van der Waals surface area contributed by atoms with Crippen LogP contribution < -0.4 is 15.8 Å². The van der Waals surface area contributed by atoms with E-state index in [1.54, 1.807) is 7.11 Å². The van der Waals surface area contributed by atoms with Crippen LogP contribution in [0, 0.1) is 0 Å². The average molecular weight is 310 g/mol. The van der Waals surface area contributed by atoms with E-state index in [1.807, 2.05) is 48.5 Å². The van der Waals surface area contributed by atoms with Gasteiger partial charge in [-0.2, -0.15) is 0 Å². The van der Waals surface area contributed by atoms with Gasteiger partial charge in [0.25, 0.3) is 0 Å². The maximum absolute atomic E-state index is 11.3. The molecule has 3 aromatic rings. The number of imidazole rings is 1. The smallest absolute Gasteiger partial charge is 0.312 e. The Balaban J connectivity index is 1.88. The summed E-state index contributed by atoms with van der Waals surface area (Å²) in [5, 5.41) is 2.75. The number of amides is 2. The van der Waals surface area contributed by atoms with Gasteiger partial charge in [-0.1, -0.05) is 24.3 Å². The number of fused-ring (bicyclic) bond motifs is 1. The van der Waals surface area contributed by atoms with Gasteiger partial charge in [-0.05, 0) is 36.2 Å². The molecule has 0 aliphatic heterocycles. The number of nitrogens with one attached hydrogen (secondary N) is 2. The SMILES string of the molecule is COc1ccc(CC(NC(N)=O)c2nc3ccccc3[nH]2)cc1. The second-order valence-corrected chi connectivity index (χ2v) is 5.25. The summed E-state index contributed by atoms with van der Waals surface area (Å²) >= 11 is 0. The topological polar surface area (TPSA) is 93.0 Å². The van der Waals surface area contributed by atoms with Gasteiger partial charge in [0.1, 0.15) is 11.6 Å². The highest BCUT2D eigenvalue weighted by atomic mass is 16.5. The summed E-state index contributed by atoms with van der Waals surface area (Å²) in [5.74, 6) is 1.47. The number of ether oxygens (including phenoxy) is 1. The van der Waals surface area contributed by atoms with Crippen molar-refractivity contribution in [2.75, 3.05) is 7.11 Å². The molecule has 4 N–H and O–H groups in total. The molecular weight excluding hydrogens is 292 g/mol.